The predicted molar refractivity (Wildman–Crippen MR) is 79.3 cm³/mol. The molecule has 0 fully saturated rings. The van der Waals surface area contributed by atoms with Crippen LogP contribution in [0, 0.1) is 0 Å². The molecule has 0 saturated heterocycles. The van der Waals surface area contributed by atoms with Gasteiger partial charge >= 0.3 is 0 Å². The molecule has 1 amide bonds. The summed E-state index contributed by atoms with van der Waals surface area (Å²) < 4.78 is 0.722. The number of nitrogens with zero attached hydrogens (tertiary/aromatic N) is 1. The van der Waals surface area contributed by atoms with Crippen LogP contribution in [0.15, 0.2) is 42.5 Å². The van der Waals surface area contributed by atoms with E-state index < -0.39 is 0 Å². The number of rotatable bonds is 6. The number of carbonyl (C=O) groups excluding carboxylic acids is 1. The lowest BCUT2D eigenvalue weighted by molar-refractivity contribution is -0.930. The van der Waals surface area contributed by atoms with Gasteiger partial charge in [0, 0.05) is 17.6 Å². The normalized spacial score (nSPS) is 12.8. The molecule has 1 N–H and O–H groups in total. The number of hydrogen-bond acceptors (Lipinski definition) is 1. The summed E-state index contributed by atoms with van der Waals surface area (Å²) >= 11 is 0. The second-order valence-electron chi connectivity index (χ2n) is 5.60. The number of quaternary nitrogens is 1. The third-order valence-corrected chi connectivity index (χ3v) is 3.35. The molecule has 19 heavy (non-hydrogen) atoms. The molecular weight excluding hydrogens is 236 g/mol. The monoisotopic (exact) mass is 261 g/mol. The summed E-state index contributed by atoms with van der Waals surface area (Å²) in [6.45, 7) is 8.40. The van der Waals surface area contributed by atoms with E-state index in [4.69, 9.17) is 0 Å². The van der Waals surface area contributed by atoms with E-state index in [9.17, 15) is 4.79 Å². The molecule has 3 heteroatoms. The first-order valence-electron chi connectivity index (χ1n) is 6.69. The second kappa shape index (κ2) is 6.53. The Hall–Kier alpha value is -1.61. The maximum Gasteiger partial charge on any atom is 0.250 e. The van der Waals surface area contributed by atoms with Crippen molar-refractivity contribution in [2.45, 2.75) is 33.0 Å². The van der Waals surface area contributed by atoms with Gasteiger partial charge in [-0.25, -0.2) is 0 Å². The van der Waals surface area contributed by atoms with Crippen molar-refractivity contribution in [2.75, 3.05) is 14.1 Å². The van der Waals surface area contributed by atoms with Crippen molar-refractivity contribution in [2.24, 2.45) is 0 Å². The van der Waals surface area contributed by atoms with Crippen molar-refractivity contribution in [1.82, 2.24) is 5.32 Å². The lowest BCUT2D eigenvalue weighted by Gasteiger charge is -2.38. The van der Waals surface area contributed by atoms with Gasteiger partial charge in [0.15, 0.2) is 6.17 Å². The Bertz CT molecular complexity index is 437. The summed E-state index contributed by atoms with van der Waals surface area (Å²) in [7, 11) is 4.28. The minimum Gasteiger partial charge on any atom is -0.305 e. The molecule has 0 aliphatic heterocycles. The standard InChI is InChI=1S/C16H24N2O/c1-6-15(17-16(19)13(2)3)18(4,5)12-14-10-8-7-9-11-14/h7-11,15H,2,6,12H2,1,3-5H3/p+1. The van der Waals surface area contributed by atoms with Crippen LogP contribution in [0.2, 0.25) is 0 Å². The van der Waals surface area contributed by atoms with Crippen LogP contribution in [0.25, 0.3) is 0 Å². The van der Waals surface area contributed by atoms with Crippen LogP contribution in [0.3, 0.4) is 0 Å². The van der Waals surface area contributed by atoms with E-state index in [1.807, 2.05) is 18.2 Å². The zero-order chi connectivity index (χ0) is 14.5. The van der Waals surface area contributed by atoms with Crippen LogP contribution >= 0.6 is 0 Å². The van der Waals surface area contributed by atoms with Crippen LogP contribution in [0.1, 0.15) is 25.8 Å². The molecule has 1 atom stereocenters. The molecule has 0 bridgehead atoms. The minimum absolute atomic E-state index is 0.0638. The Kier molecular flexibility index (Phi) is 5.31. The summed E-state index contributed by atoms with van der Waals surface area (Å²) in [6, 6.07) is 10.3. The molecule has 1 aromatic rings. The first-order valence-corrected chi connectivity index (χ1v) is 6.69. The van der Waals surface area contributed by atoms with Crippen molar-refractivity contribution in [3.05, 3.63) is 48.0 Å². The average Bonchev–Trinajstić information content (AvgIpc) is 2.35. The Balaban J connectivity index is 2.78. The van der Waals surface area contributed by atoms with E-state index in [0.29, 0.717) is 5.57 Å². The van der Waals surface area contributed by atoms with E-state index in [1.54, 1.807) is 6.92 Å². The van der Waals surface area contributed by atoms with Gasteiger partial charge in [-0.2, -0.15) is 0 Å². The van der Waals surface area contributed by atoms with Crippen molar-refractivity contribution in [3.63, 3.8) is 0 Å². The molecule has 0 spiro atoms. The predicted octanol–water partition coefficient (Wildman–Crippen LogP) is 2.69. The topological polar surface area (TPSA) is 29.1 Å². The highest BCUT2D eigenvalue weighted by atomic mass is 16.1. The maximum atomic E-state index is 11.8. The minimum atomic E-state index is -0.0638. The lowest BCUT2D eigenvalue weighted by Crippen LogP contribution is -2.56. The quantitative estimate of drug-likeness (QED) is 0.476. The highest BCUT2D eigenvalue weighted by Crippen LogP contribution is 2.15. The molecule has 0 aliphatic carbocycles. The summed E-state index contributed by atoms with van der Waals surface area (Å²) in [5.74, 6) is -0.0638. The van der Waals surface area contributed by atoms with Gasteiger partial charge < -0.3 is 9.80 Å². The summed E-state index contributed by atoms with van der Waals surface area (Å²) in [5, 5.41) is 3.06. The zero-order valence-electron chi connectivity index (χ0n) is 12.4. The van der Waals surface area contributed by atoms with Gasteiger partial charge in [0.1, 0.15) is 6.54 Å². The molecule has 0 saturated carbocycles. The van der Waals surface area contributed by atoms with Crippen molar-refractivity contribution in [3.8, 4) is 0 Å². The van der Waals surface area contributed by atoms with Gasteiger partial charge in [0.05, 0.1) is 14.1 Å². The van der Waals surface area contributed by atoms with Gasteiger partial charge in [-0.1, -0.05) is 43.8 Å². The molecule has 1 unspecified atom stereocenters. The number of hydrogen-bond donors (Lipinski definition) is 1. The summed E-state index contributed by atoms with van der Waals surface area (Å²) in [5.41, 5.74) is 1.83. The first-order chi connectivity index (χ1) is 8.86. The number of nitrogens with one attached hydrogen (secondary N) is 1. The van der Waals surface area contributed by atoms with Gasteiger partial charge in [-0.15, -0.1) is 0 Å². The largest absolute Gasteiger partial charge is 0.305 e. The maximum absolute atomic E-state index is 11.8. The Morgan fingerprint density at radius 1 is 1.32 bits per heavy atom. The van der Waals surface area contributed by atoms with Crippen molar-refractivity contribution in [1.29, 1.82) is 0 Å². The number of amides is 1. The van der Waals surface area contributed by atoms with Crippen molar-refractivity contribution >= 4 is 5.91 Å². The molecule has 0 heterocycles. The molecule has 3 nitrogen and oxygen atoms in total. The highest BCUT2D eigenvalue weighted by molar-refractivity contribution is 5.92. The fraction of sp³-hybridized carbons (Fsp3) is 0.438. The second-order valence-corrected chi connectivity index (χ2v) is 5.60. The van der Waals surface area contributed by atoms with Crippen LogP contribution in [-0.4, -0.2) is 30.7 Å². The molecule has 1 aromatic carbocycles. The third kappa shape index (κ3) is 4.52. The van der Waals surface area contributed by atoms with Gasteiger partial charge in [0.2, 0.25) is 0 Å². The van der Waals surface area contributed by atoms with E-state index >= 15 is 0 Å². The summed E-state index contributed by atoms with van der Waals surface area (Å²) in [4.78, 5) is 11.8. The summed E-state index contributed by atoms with van der Waals surface area (Å²) in [6.07, 6.45) is 0.975. The van der Waals surface area contributed by atoms with Gasteiger partial charge in [-0.3, -0.25) is 4.79 Å². The fourth-order valence-electron chi connectivity index (χ4n) is 2.21. The fourth-order valence-corrected chi connectivity index (χ4v) is 2.21. The molecular formula is C16H25N2O+. The third-order valence-electron chi connectivity index (χ3n) is 3.35. The Labute approximate surface area is 116 Å². The zero-order valence-corrected chi connectivity index (χ0v) is 12.4. The molecule has 104 valence electrons. The van der Waals surface area contributed by atoms with Crippen LogP contribution in [0.4, 0.5) is 0 Å². The van der Waals surface area contributed by atoms with Gasteiger partial charge in [0.25, 0.3) is 5.91 Å². The molecule has 1 rings (SSSR count). The smallest absolute Gasteiger partial charge is 0.250 e. The van der Waals surface area contributed by atoms with Crippen LogP contribution in [0.5, 0.6) is 0 Å². The van der Waals surface area contributed by atoms with Crippen molar-refractivity contribution < 1.29 is 9.28 Å². The first kappa shape index (κ1) is 15.4. The number of carbonyl (C=O) groups is 1. The van der Waals surface area contributed by atoms with Crippen LogP contribution < -0.4 is 5.32 Å². The van der Waals surface area contributed by atoms with E-state index in [-0.39, 0.29) is 12.1 Å². The molecule has 0 aliphatic rings. The van der Waals surface area contributed by atoms with E-state index in [1.165, 1.54) is 5.56 Å². The van der Waals surface area contributed by atoms with E-state index in [2.05, 4.69) is 45.0 Å². The highest BCUT2D eigenvalue weighted by Gasteiger charge is 2.28. The van der Waals surface area contributed by atoms with E-state index in [0.717, 1.165) is 17.4 Å². The Morgan fingerprint density at radius 2 is 1.89 bits per heavy atom. The molecule has 0 aromatic heterocycles. The SMILES string of the molecule is C=C(C)C(=O)NC(CC)[N+](C)(C)Cc1ccccc1. The molecule has 0 radical (unpaired) electrons. The van der Waals surface area contributed by atoms with Crippen LogP contribution in [-0.2, 0) is 11.3 Å². The average molecular weight is 261 g/mol. The lowest BCUT2D eigenvalue weighted by atomic mass is 10.1. The Morgan fingerprint density at radius 3 is 2.37 bits per heavy atom. The number of benzene rings is 1. The van der Waals surface area contributed by atoms with Gasteiger partial charge in [-0.05, 0) is 6.92 Å².